The van der Waals surface area contributed by atoms with E-state index in [0.717, 1.165) is 30.7 Å². The molecule has 200 valence electrons. The smallest absolute Gasteiger partial charge is 0.210 e. The summed E-state index contributed by atoms with van der Waals surface area (Å²) in [4.78, 5) is 4.34. The number of benzene rings is 4. The summed E-state index contributed by atoms with van der Waals surface area (Å²) in [6.07, 6.45) is 1.90. The molecule has 0 heterocycles. The standard InChI is InChI=1S/C33H40B2N2O2/c1-36(2)24-23-34(27-11-7-5-8-12-27)29-15-19-32(20-16-29)39-33-21-17-30(18-22-33)35(25-31(26-38)37(3)4)28-13-9-6-10-14-28/h5-22,31,38H,23-26H2,1-4H3. The average molecular weight is 518 g/mol. The molecule has 0 bridgehead atoms. The van der Waals surface area contributed by atoms with E-state index in [4.69, 9.17) is 4.74 Å². The van der Waals surface area contributed by atoms with Crippen LogP contribution < -0.4 is 26.6 Å². The predicted octanol–water partition coefficient (Wildman–Crippen LogP) is 3.18. The SMILES string of the molecule is CN(C)CCB(c1ccccc1)c1ccc(Oc2ccc(B(CC(CO)N(C)C)c3ccccc3)cc2)cc1. The molecule has 0 saturated heterocycles. The van der Waals surface area contributed by atoms with Crippen molar-refractivity contribution in [1.82, 2.24) is 9.80 Å². The Balaban J connectivity index is 1.49. The number of aliphatic hydroxyl groups excluding tert-OH is 1. The van der Waals surface area contributed by atoms with Crippen molar-refractivity contribution >= 4 is 35.3 Å². The molecule has 0 aliphatic heterocycles. The number of hydrogen-bond donors (Lipinski definition) is 1. The fourth-order valence-corrected chi connectivity index (χ4v) is 5.14. The minimum Gasteiger partial charge on any atom is -0.457 e. The van der Waals surface area contributed by atoms with Crippen LogP contribution in [0.5, 0.6) is 11.5 Å². The number of aliphatic hydroxyl groups is 1. The Morgan fingerprint density at radius 3 is 1.49 bits per heavy atom. The quantitative estimate of drug-likeness (QED) is 0.276. The predicted molar refractivity (Wildman–Crippen MR) is 169 cm³/mol. The molecule has 0 aliphatic carbocycles. The van der Waals surface area contributed by atoms with Crippen LogP contribution in [0, 0.1) is 0 Å². The fourth-order valence-electron chi connectivity index (χ4n) is 5.14. The van der Waals surface area contributed by atoms with Gasteiger partial charge in [-0.15, -0.1) is 0 Å². The first-order valence-electron chi connectivity index (χ1n) is 13.8. The van der Waals surface area contributed by atoms with Crippen LogP contribution >= 0.6 is 0 Å². The maximum atomic E-state index is 9.96. The maximum Gasteiger partial charge on any atom is 0.210 e. The molecular formula is C33H40B2N2O2. The van der Waals surface area contributed by atoms with Gasteiger partial charge in [0, 0.05) is 6.04 Å². The van der Waals surface area contributed by atoms with E-state index in [1.54, 1.807) is 0 Å². The molecule has 0 amide bonds. The number of ether oxygens (including phenoxy) is 1. The lowest BCUT2D eigenvalue weighted by Gasteiger charge is -2.26. The molecule has 4 rings (SSSR count). The number of likely N-dealkylation sites (N-methyl/N-ethyl adjacent to an activating group) is 1. The lowest BCUT2D eigenvalue weighted by Crippen LogP contribution is -2.47. The topological polar surface area (TPSA) is 35.9 Å². The van der Waals surface area contributed by atoms with E-state index in [0.29, 0.717) is 6.71 Å². The summed E-state index contributed by atoms with van der Waals surface area (Å²) in [5, 5.41) is 9.96. The van der Waals surface area contributed by atoms with Gasteiger partial charge in [0.15, 0.2) is 0 Å². The number of hydrogen-bond acceptors (Lipinski definition) is 4. The largest absolute Gasteiger partial charge is 0.457 e. The van der Waals surface area contributed by atoms with Gasteiger partial charge in [-0.05, 0) is 65.3 Å². The Bertz CT molecular complexity index is 1250. The summed E-state index contributed by atoms with van der Waals surface area (Å²) in [5.41, 5.74) is 5.12. The molecule has 1 unspecified atom stereocenters. The van der Waals surface area contributed by atoms with Crippen molar-refractivity contribution in [1.29, 1.82) is 0 Å². The van der Waals surface area contributed by atoms with Gasteiger partial charge in [0.05, 0.1) is 6.61 Å². The van der Waals surface area contributed by atoms with Gasteiger partial charge >= 0.3 is 0 Å². The fraction of sp³-hybridized carbons (Fsp3) is 0.273. The van der Waals surface area contributed by atoms with Crippen molar-refractivity contribution in [3.8, 4) is 11.5 Å². The molecule has 4 nitrogen and oxygen atoms in total. The molecule has 39 heavy (non-hydrogen) atoms. The molecule has 0 radical (unpaired) electrons. The van der Waals surface area contributed by atoms with Crippen LogP contribution in [-0.2, 0) is 0 Å². The van der Waals surface area contributed by atoms with Gasteiger partial charge < -0.3 is 19.6 Å². The lowest BCUT2D eigenvalue weighted by molar-refractivity contribution is 0.181. The maximum absolute atomic E-state index is 9.96. The molecule has 0 aliphatic rings. The number of nitrogens with zero attached hydrogens (tertiary/aromatic N) is 2. The average Bonchev–Trinajstić information content (AvgIpc) is 2.96. The monoisotopic (exact) mass is 518 g/mol. The summed E-state index contributed by atoms with van der Waals surface area (Å²) in [7, 11) is 8.30. The Morgan fingerprint density at radius 1 is 0.615 bits per heavy atom. The summed E-state index contributed by atoms with van der Waals surface area (Å²) < 4.78 is 6.24. The second-order valence-corrected chi connectivity index (χ2v) is 10.8. The minimum absolute atomic E-state index is 0.0853. The van der Waals surface area contributed by atoms with E-state index in [9.17, 15) is 5.11 Å². The van der Waals surface area contributed by atoms with Crippen molar-refractivity contribution in [3.05, 3.63) is 109 Å². The minimum atomic E-state index is 0.0853. The van der Waals surface area contributed by atoms with Crippen molar-refractivity contribution in [2.45, 2.75) is 18.7 Å². The van der Waals surface area contributed by atoms with Crippen LogP contribution in [0.1, 0.15) is 0 Å². The first-order chi connectivity index (χ1) is 18.9. The second kappa shape index (κ2) is 14.2. The summed E-state index contributed by atoms with van der Waals surface area (Å²) >= 11 is 0. The Labute approximate surface area is 235 Å². The molecular weight excluding hydrogens is 478 g/mol. The molecule has 4 aromatic carbocycles. The highest BCUT2D eigenvalue weighted by molar-refractivity contribution is 6.85. The van der Waals surface area contributed by atoms with E-state index >= 15 is 0 Å². The molecule has 6 heteroatoms. The van der Waals surface area contributed by atoms with Gasteiger partial charge in [0.1, 0.15) is 11.5 Å². The molecule has 1 atom stereocenters. The van der Waals surface area contributed by atoms with Crippen molar-refractivity contribution in [2.24, 2.45) is 0 Å². The van der Waals surface area contributed by atoms with E-state index in [-0.39, 0.29) is 19.4 Å². The molecule has 0 fully saturated rings. The highest BCUT2D eigenvalue weighted by Crippen LogP contribution is 2.20. The van der Waals surface area contributed by atoms with Gasteiger partial charge in [-0.1, -0.05) is 113 Å². The zero-order valence-electron chi connectivity index (χ0n) is 23.7. The van der Waals surface area contributed by atoms with Crippen LogP contribution in [0.3, 0.4) is 0 Å². The molecule has 0 spiro atoms. The Hall–Kier alpha value is -3.31. The third kappa shape index (κ3) is 8.09. The summed E-state index contributed by atoms with van der Waals surface area (Å²) in [5.74, 6) is 1.65. The van der Waals surface area contributed by atoms with E-state index in [2.05, 4.69) is 115 Å². The zero-order chi connectivity index (χ0) is 27.6. The van der Waals surface area contributed by atoms with Gasteiger partial charge in [0.25, 0.3) is 0 Å². The third-order valence-corrected chi connectivity index (χ3v) is 7.52. The molecule has 4 aromatic rings. The highest BCUT2D eigenvalue weighted by Gasteiger charge is 2.25. The van der Waals surface area contributed by atoms with Gasteiger partial charge in [-0.25, -0.2) is 0 Å². The Kier molecular flexibility index (Phi) is 10.4. The van der Waals surface area contributed by atoms with E-state index in [1.807, 2.05) is 32.3 Å². The van der Waals surface area contributed by atoms with Crippen LogP contribution in [0.4, 0.5) is 0 Å². The van der Waals surface area contributed by atoms with Crippen molar-refractivity contribution in [3.63, 3.8) is 0 Å². The Morgan fingerprint density at radius 2 is 1.05 bits per heavy atom. The lowest BCUT2D eigenvalue weighted by atomic mass is 9.37. The number of rotatable bonds is 13. The van der Waals surface area contributed by atoms with Gasteiger partial charge in [-0.3, -0.25) is 0 Å². The summed E-state index contributed by atoms with van der Waals surface area (Å²) in [6.45, 7) is 1.70. The zero-order valence-corrected chi connectivity index (χ0v) is 23.7. The third-order valence-electron chi connectivity index (χ3n) is 7.52. The van der Waals surface area contributed by atoms with Crippen LogP contribution in [0.15, 0.2) is 109 Å². The van der Waals surface area contributed by atoms with Gasteiger partial charge in [-0.2, -0.15) is 0 Å². The first kappa shape index (κ1) is 28.7. The second-order valence-electron chi connectivity index (χ2n) is 10.8. The van der Waals surface area contributed by atoms with Crippen molar-refractivity contribution < 1.29 is 9.84 Å². The van der Waals surface area contributed by atoms with Crippen LogP contribution in [0.2, 0.25) is 12.6 Å². The first-order valence-corrected chi connectivity index (χ1v) is 13.8. The molecule has 1 N–H and O–H groups in total. The van der Waals surface area contributed by atoms with Crippen LogP contribution in [0.25, 0.3) is 0 Å². The van der Waals surface area contributed by atoms with Crippen LogP contribution in [-0.4, -0.2) is 75.7 Å². The molecule has 0 aromatic heterocycles. The van der Waals surface area contributed by atoms with E-state index in [1.165, 1.54) is 21.9 Å². The van der Waals surface area contributed by atoms with Crippen molar-refractivity contribution in [2.75, 3.05) is 41.3 Å². The highest BCUT2D eigenvalue weighted by atomic mass is 16.5. The molecule has 0 saturated carbocycles. The summed E-state index contributed by atoms with van der Waals surface area (Å²) in [6, 6.07) is 38.3. The van der Waals surface area contributed by atoms with E-state index < -0.39 is 0 Å². The van der Waals surface area contributed by atoms with Gasteiger partial charge in [0.2, 0.25) is 13.4 Å². The normalized spacial score (nSPS) is 12.0.